The molecule has 1 aliphatic heterocycles. The molecule has 0 aliphatic carbocycles. The molecule has 4 N–H and O–H groups in total. The van der Waals surface area contributed by atoms with Crippen molar-refractivity contribution in [3.05, 3.63) is 12.2 Å². The Bertz CT molecular complexity index is 434. The lowest BCUT2D eigenvalue weighted by atomic mass is 10.2. The van der Waals surface area contributed by atoms with E-state index in [1.807, 2.05) is 0 Å². The van der Waals surface area contributed by atoms with E-state index in [1.54, 1.807) is 0 Å². The van der Waals surface area contributed by atoms with Gasteiger partial charge >= 0.3 is 12.0 Å². The molecule has 9 nitrogen and oxygen atoms in total. The van der Waals surface area contributed by atoms with Crippen molar-refractivity contribution in [1.29, 1.82) is 0 Å². The number of amides is 2. The minimum Gasteiger partial charge on any atom is -0.480 e. The number of carbonyl (C=O) groups is 2. The van der Waals surface area contributed by atoms with Gasteiger partial charge in [0.1, 0.15) is 18.2 Å². The van der Waals surface area contributed by atoms with Gasteiger partial charge in [0, 0.05) is 13.0 Å². The van der Waals surface area contributed by atoms with Gasteiger partial charge in [0.05, 0.1) is 12.6 Å². The highest BCUT2D eigenvalue weighted by Gasteiger charge is 2.38. The number of aromatic amines is 1. The van der Waals surface area contributed by atoms with Crippen molar-refractivity contribution in [2.75, 3.05) is 6.54 Å². The van der Waals surface area contributed by atoms with E-state index in [1.165, 1.54) is 6.33 Å². The number of likely N-dealkylation sites (tertiary alicyclic amines) is 1. The average Bonchev–Trinajstić information content (AvgIpc) is 2.94. The number of urea groups is 1. The fraction of sp³-hybridized carbons (Fsp3) is 0.556. The molecule has 0 radical (unpaired) electrons. The summed E-state index contributed by atoms with van der Waals surface area (Å²) in [4.78, 5) is 27.6. The maximum absolute atomic E-state index is 11.8. The van der Waals surface area contributed by atoms with E-state index in [0.717, 1.165) is 4.90 Å². The number of H-pyrrole nitrogens is 1. The summed E-state index contributed by atoms with van der Waals surface area (Å²) in [5.41, 5.74) is 0. The van der Waals surface area contributed by atoms with Gasteiger partial charge in [-0.25, -0.2) is 14.6 Å². The highest BCUT2D eigenvalue weighted by atomic mass is 16.4. The van der Waals surface area contributed by atoms with Crippen molar-refractivity contribution in [2.24, 2.45) is 0 Å². The number of hydrogen-bond donors (Lipinski definition) is 4. The Kier molecular flexibility index (Phi) is 3.42. The summed E-state index contributed by atoms with van der Waals surface area (Å²) in [5.74, 6) is -0.656. The second kappa shape index (κ2) is 5.00. The Labute approximate surface area is 102 Å². The molecule has 0 unspecified atom stereocenters. The lowest BCUT2D eigenvalue weighted by Crippen LogP contribution is -2.46. The smallest absolute Gasteiger partial charge is 0.326 e. The molecule has 0 aromatic carbocycles. The molecule has 2 rings (SSSR count). The summed E-state index contributed by atoms with van der Waals surface area (Å²) >= 11 is 0. The number of hydrogen-bond acceptors (Lipinski definition) is 5. The van der Waals surface area contributed by atoms with Crippen LogP contribution >= 0.6 is 0 Å². The summed E-state index contributed by atoms with van der Waals surface area (Å²) in [7, 11) is 0. The van der Waals surface area contributed by atoms with Crippen molar-refractivity contribution >= 4 is 12.0 Å². The van der Waals surface area contributed by atoms with E-state index in [2.05, 4.69) is 20.5 Å². The molecule has 2 heterocycles. The fourth-order valence-electron chi connectivity index (χ4n) is 1.85. The van der Waals surface area contributed by atoms with Crippen LogP contribution in [0.15, 0.2) is 6.33 Å². The van der Waals surface area contributed by atoms with Gasteiger partial charge in [-0.15, -0.1) is 0 Å². The van der Waals surface area contributed by atoms with Crippen LogP contribution in [0.4, 0.5) is 4.79 Å². The van der Waals surface area contributed by atoms with Gasteiger partial charge in [-0.3, -0.25) is 5.10 Å². The van der Waals surface area contributed by atoms with Crippen molar-refractivity contribution in [2.45, 2.75) is 25.1 Å². The molecule has 1 aromatic heterocycles. The number of aliphatic hydroxyl groups is 1. The zero-order valence-corrected chi connectivity index (χ0v) is 9.41. The second-order valence-electron chi connectivity index (χ2n) is 3.99. The second-order valence-corrected chi connectivity index (χ2v) is 3.99. The van der Waals surface area contributed by atoms with Gasteiger partial charge in [-0.05, 0) is 0 Å². The number of aliphatic hydroxyl groups excluding tert-OH is 1. The fourth-order valence-corrected chi connectivity index (χ4v) is 1.85. The summed E-state index contributed by atoms with van der Waals surface area (Å²) in [5, 5.41) is 27.0. The third kappa shape index (κ3) is 2.56. The summed E-state index contributed by atoms with van der Waals surface area (Å²) < 4.78 is 0. The minimum absolute atomic E-state index is 0.0131. The zero-order valence-electron chi connectivity index (χ0n) is 9.41. The number of carboxylic acids is 1. The van der Waals surface area contributed by atoms with E-state index >= 15 is 0 Å². The summed E-state index contributed by atoms with van der Waals surface area (Å²) in [6, 6.07) is -1.54. The predicted molar refractivity (Wildman–Crippen MR) is 57.4 cm³/mol. The van der Waals surface area contributed by atoms with E-state index in [0.29, 0.717) is 5.82 Å². The van der Waals surface area contributed by atoms with E-state index in [-0.39, 0.29) is 19.5 Å². The lowest BCUT2D eigenvalue weighted by molar-refractivity contribution is -0.141. The Balaban J connectivity index is 1.93. The summed E-state index contributed by atoms with van der Waals surface area (Å²) in [6.45, 7) is 0.136. The first kappa shape index (κ1) is 12.3. The molecule has 0 saturated carbocycles. The molecule has 1 aliphatic rings. The Morgan fingerprint density at radius 2 is 2.39 bits per heavy atom. The lowest BCUT2D eigenvalue weighted by Gasteiger charge is -2.21. The van der Waals surface area contributed by atoms with E-state index < -0.39 is 24.1 Å². The molecule has 0 spiro atoms. The van der Waals surface area contributed by atoms with Crippen molar-refractivity contribution < 1.29 is 19.8 Å². The molecule has 18 heavy (non-hydrogen) atoms. The number of rotatable bonds is 3. The van der Waals surface area contributed by atoms with Gasteiger partial charge in [-0.1, -0.05) is 0 Å². The average molecular weight is 255 g/mol. The van der Waals surface area contributed by atoms with Crippen LogP contribution in [0.1, 0.15) is 12.2 Å². The maximum atomic E-state index is 11.8. The largest absolute Gasteiger partial charge is 0.480 e. The molecule has 98 valence electrons. The SMILES string of the molecule is O=C(O)[C@@H]1C[C@@H](O)CN1C(=O)NCc1ncn[nH]1. The zero-order chi connectivity index (χ0) is 13.1. The first-order valence-corrected chi connectivity index (χ1v) is 5.37. The molecular formula is C9H13N5O4. The third-order valence-corrected chi connectivity index (χ3v) is 2.70. The summed E-state index contributed by atoms with van der Waals surface area (Å²) in [6.07, 6.45) is 0.550. The van der Waals surface area contributed by atoms with Crippen LogP contribution < -0.4 is 5.32 Å². The van der Waals surface area contributed by atoms with Crippen LogP contribution in [0, 0.1) is 0 Å². The third-order valence-electron chi connectivity index (χ3n) is 2.70. The predicted octanol–water partition coefficient (Wildman–Crippen LogP) is -1.47. The van der Waals surface area contributed by atoms with Gasteiger partial charge in [0.15, 0.2) is 0 Å². The van der Waals surface area contributed by atoms with Crippen LogP contribution in [-0.4, -0.2) is 61.0 Å². The van der Waals surface area contributed by atoms with Crippen LogP contribution in [0.5, 0.6) is 0 Å². The van der Waals surface area contributed by atoms with Gasteiger partial charge in [-0.2, -0.15) is 5.10 Å². The number of aromatic nitrogens is 3. The van der Waals surface area contributed by atoms with E-state index in [9.17, 15) is 14.7 Å². The molecule has 2 amide bonds. The number of aliphatic carboxylic acids is 1. The number of nitrogens with zero attached hydrogens (tertiary/aromatic N) is 3. The highest BCUT2D eigenvalue weighted by molar-refractivity contribution is 5.83. The highest BCUT2D eigenvalue weighted by Crippen LogP contribution is 2.18. The quantitative estimate of drug-likeness (QED) is 0.521. The first-order chi connectivity index (χ1) is 8.58. The Hall–Kier alpha value is -2.16. The molecular weight excluding hydrogens is 242 g/mol. The normalized spacial score (nSPS) is 23.1. The number of nitrogens with one attached hydrogen (secondary N) is 2. The molecule has 1 aromatic rings. The number of β-amino-alcohol motifs (C(OH)–C–C–N with tert-alkyl or cyclic N) is 1. The molecule has 0 bridgehead atoms. The molecule has 2 atom stereocenters. The van der Waals surface area contributed by atoms with Gasteiger partial charge in [0.2, 0.25) is 0 Å². The van der Waals surface area contributed by atoms with Crippen molar-refractivity contribution in [1.82, 2.24) is 25.4 Å². The van der Waals surface area contributed by atoms with Gasteiger partial charge in [0.25, 0.3) is 0 Å². The van der Waals surface area contributed by atoms with Crippen LogP contribution in [0.25, 0.3) is 0 Å². The van der Waals surface area contributed by atoms with Gasteiger partial charge < -0.3 is 20.4 Å². The number of carbonyl (C=O) groups excluding carboxylic acids is 1. The van der Waals surface area contributed by atoms with Crippen molar-refractivity contribution in [3.63, 3.8) is 0 Å². The van der Waals surface area contributed by atoms with Crippen molar-refractivity contribution in [3.8, 4) is 0 Å². The first-order valence-electron chi connectivity index (χ1n) is 5.37. The van der Waals surface area contributed by atoms with Crippen LogP contribution in [0.2, 0.25) is 0 Å². The minimum atomic E-state index is -1.12. The van der Waals surface area contributed by atoms with E-state index in [4.69, 9.17) is 5.11 Å². The molecule has 1 saturated heterocycles. The van der Waals surface area contributed by atoms with Crippen LogP contribution in [-0.2, 0) is 11.3 Å². The number of carboxylic acid groups (broad SMARTS) is 1. The molecule has 1 fully saturated rings. The maximum Gasteiger partial charge on any atom is 0.326 e. The standard InChI is InChI=1S/C9H13N5O4/c15-5-1-6(8(16)17)14(3-5)9(18)10-2-7-11-4-12-13-7/h4-6,15H,1-3H2,(H,10,18)(H,16,17)(H,11,12,13)/t5-,6+/m1/s1. The Morgan fingerprint density at radius 1 is 1.61 bits per heavy atom. The Morgan fingerprint density at radius 3 is 3.00 bits per heavy atom. The molecule has 9 heteroatoms. The van der Waals surface area contributed by atoms with Crippen LogP contribution in [0.3, 0.4) is 0 Å². The topological polar surface area (TPSA) is 131 Å². The monoisotopic (exact) mass is 255 g/mol.